The highest BCUT2D eigenvalue weighted by molar-refractivity contribution is 5.77. The molecule has 0 radical (unpaired) electrons. The van der Waals surface area contributed by atoms with Gasteiger partial charge in [-0.25, -0.2) is 0 Å². The van der Waals surface area contributed by atoms with Crippen molar-refractivity contribution in [3.05, 3.63) is 76.6 Å². The lowest BCUT2D eigenvalue weighted by atomic mass is 9.89. The minimum atomic E-state index is -4.46. The zero-order chi connectivity index (χ0) is 22.6. The molecule has 3 aromatic rings. The molecular formula is C23H23F3N2O3. The second-order valence-electron chi connectivity index (χ2n) is 7.28. The number of alkyl halides is 3. The van der Waals surface area contributed by atoms with Crippen LogP contribution in [0.4, 0.5) is 13.2 Å². The number of hydrogen-bond acceptors (Lipinski definition) is 4. The molecule has 164 valence electrons. The largest absolute Gasteiger partial charge is 0.493 e. The number of Topliss-reactive ketones (excluding diaryl/α,β-unsaturated/α-hetero) is 1. The molecule has 8 heteroatoms. The number of carbonyl (C=O) groups excluding carboxylic acids is 1. The third kappa shape index (κ3) is 5.25. The number of ether oxygens (including phenoxy) is 2. The van der Waals surface area contributed by atoms with Crippen LogP contribution in [0.15, 0.2) is 48.7 Å². The minimum Gasteiger partial charge on any atom is -0.493 e. The molecule has 0 amide bonds. The van der Waals surface area contributed by atoms with Gasteiger partial charge in [0.1, 0.15) is 12.4 Å². The van der Waals surface area contributed by atoms with Crippen LogP contribution in [0.5, 0.6) is 11.5 Å². The molecule has 31 heavy (non-hydrogen) atoms. The number of rotatable bonds is 8. The number of methoxy groups -OCH3 is 1. The van der Waals surface area contributed by atoms with E-state index in [1.807, 2.05) is 6.92 Å². The molecule has 5 nitrogen and oxygen atoms in total. The number of benzene rings is 2. The standard InChI is InChI=1S/C23H23F3N2O3/c1-14-12-27-28-22(14)18(10-15(2)29)16-8-9-20(21(11-16)30-3)31-13-17-6-4-5-7-19(17)23(24,25)26/h4-9,11-12,18H,10,13H2,1-3H3,(H,27,28). The number of hydrogen-bond donors (Lipinski definition) is 1. The van der Waals surface area contributed by atoms with Gasteiger partial charge in [0.2, 0.25) is 0 Å². The SMILES string of the molecule is COc1cc(C(CC(C)=O)c2[nH]ncc2C)ccc1OCc1ccccc1C(F)(F)F. The Hall–Kier alpha value is -3.29. The van der Waals surface area contributed by atoms with E-state index in [0.29, 0.717) is 11.5 Å². The van der Waals surface area contributed by atoms with Crippen molar-refractivity contribution >= 4 is 5.78 Å². The summed E-state index contributed by atoms with van der Waals surface area (Å²) in [7, 11) is 1.46. The Morgan fingerprint density at radius 1 is 1.16 bits per heavy atom. The lowest BCUT2D eigenvalue weighted by Gasteiger charge is -2.19. The lowest BCUT2D eigenvalue weighted by Crippen LogP contribution is -2.11. The van der Waals surface area contributed by atoms with E-state index >= 15 is 0 Å². The molecule has 0 saturated heterocycles. The fourth-order valence-electron chi connectivity index (χ4n) is 3.48. The molecule has 2 aromatic carbocycles. The van der Waals surface area contributed by atoms with Crippen molar-refractivity contribution in [3.63, 3.8) is 0 Å². The molecule has 1 unspecified atom stereocenters. The highest BCUT2D eigenvalue weighted by atomic mass is 19.4. The molecule has 0 spiro atoms. The lowest BCUT2D eigenvalue weighted by molar-refractivity contribution is -0.138. The summed E-state index contributed by atoms with van der Waals surface area (Å²) in [5.74, 6) is 0.440. The fraction of sp³-hybridized carbons (Fsp3) is 0.304. The van der Waals surface area contributed by atoms with E-state index < -0.39 is 11.7 Å². The first-order valence-corrected chi connectivity index (χ1v) is 9.65. The Bertz CT molecular complexity index is 1060. The van der Waals surface area contributed by atoms with Crippen LogP contribution in [0.1, 0.15) is 47.2 Å². The molecule has 0 aliphatic heterocycles. The summed E-state index contributed by atoms with van der Waals surface area (Å²) in [6, 6.07) is 10.4. The first-order valence-electron chi connectivity index (χ1n) is 9.65. The first kappa shape index (κ1) is 22.4. The molecule has 1 heterocycles. The molecular weight excluding hydrogens is 409 g/mol. The van der Waals surface area contributed by atoms with Crippen molar-refractivity contribution in [3.8, 4) is 11.5 Å². The first-order chi connectivity index (χ1) is 14.7. The van der Waals surface area contributed by atoms with Crippen molar-refractivity contribution < 1.29 is 27.4 Å². The summed E-state index contributed by atoms with van der Waals surface area (Å²) in [5, 5.41) is 6.99. The van der Waals surface area contributed by atoms with Gasteiger partial charge < -0.3 is 9.47 Å². The predicted octanol–water partition coefficient (Wildman–Crippen LogP) is 5.44. The smallest absolute Gasteiger partial charge is 0.416 e. The van der Waals surface area contributed by atoms with Gasteiger partial charge in [0.15, 0.2) is 11.5 Å². The maximum Gasteiger partial charge on any atom is 0.416 e. The Balaban J connectivity index is 1.88. The van der Waals surface area contributed by atoms with Crippen molar-refractivity contribution in [2.75, 3.05) is 7.11 Å². The minimum absolute atomic E-state index is 0.0158. The van der Waals surface area contributed by atoms with E-state index in [1.165, 1.54) is 32.2 Å². The maximum absolute atomic E-state index is 13.2. The van der Waals surface area contributed by atoms with Gasteiger partial charge in [-0.05, 0) is 43.2 Å². The number of nitrogens with one attached hydrogen (secondary N) is 1. The van der Waals surface area contributed by atoms with Gasteiger partial charge in [0.05, 0.1) is 18.9 Å². The van der Waals surface area contributed by atoms with E-state index in [1.54, 1.807) is 24.4 Å². The van der Waals surface area contributed by atoms with Crippen LogP contribution in [0, 0.1) is 6.92 Å². The molecule has 0 aliphatic rings. The van der Waals surface area contributed by atoms with Crippen molar-refractivity contribution in [1.82, 2.24) is 10.2 Å². The molecule has 0 aliphatic carbocycles. The number of aryl methyl sites for hydroxylation is 1. The van der Waals surface area contributed by atoms with Crippen molar-refractivity contribution in [2.45, 2.75) is 39.0 Å². The summed E-state index contributed by atoms with van der Waals surface area (Å²) in [6.45, 7) is 3.16. The van der Waals surface area contributed by atoms with Crippen molar-refractivity contribution in [1.29, 1.82) is 0 Å². The predicted molar refractivity (Wildman–Crippen MR) is 109 cm³/mol. The Morgan fingerprint density at radius 3 is 2.52 bits per heavy atom. The number of nitrogens with zero attached hydrogens (tertiary/aromatic N) is 1. The quantitative estimate of drug-likeness (QED) is 0.515. The van der Waals surface area contributed by atoms with Crippen LogP contribution >= 0.6 is 0 Å². The van der Waals surface area contributed by atoms with Crippen molar-refractivity contribution in [2.24, 2.45) is 0 Å². The normalized spacial score (nSPS) is 12.5. The van der Waals surface area contributed by atoms with E-state index in [9.17, 15) is 18.0 Å². The average Bonchev–Trinajstić information content (AvgIpc) is 3.15. The van der Waals surface area contributed by atoms with Crippen LogP contribution in [-0.2, 0) is 17.6 Å². The number of halogens is 3. The van der Waals surface area contributed by atoms with Crippen LogP contribution in [-0.4, -0.2) is 23.1 Å². The van der Waals surface area contributed by atoms with Crippen LogP contribution in [0.2, 0.25) is 0 Å². The second-order valence-corrected chi connectivity index (χ2v) is 7.28. The molecule has 0 fully saturated rings. The summed E-state index contributed by atoms with van der Waals surface area (Å²) in [6.07, 6.45) is -2.50. The topological polar surface area (TPSA) is 64.2 Å². The van der Waals surface area contributed by atoms with Crippen LogP contribution < -0.4 is 9.47 Å². The van der Waals surface area contributed by atoms with Gasteiger partial charge >= 0.3 is 6.18 Å². The molecule has 1 N–H and O–H groups in total. The summed E-state index contributed by atoms with van der Waals surface area (Å²) >= 11 is 0. The molecule has 0 saturated carbocycles. The second kappa shape index (κ2) is 9.24. The van der Waals surface area contributed by atoms with Gasteiger partial charge in [-0.15, -0.1) is 0 Å². The van der Waals surface area contributed by atoms with Gasteiger partial charge in [-0.3, -0.25) is 9.89 Å². The van der Waals surface area contributed by atoms with E-state index in [4.69, 9.17) is 9.47 Å². The summed E-state index contributed by atoms with van der Waals surface area (Å²) in [5.41, 5.74) is 1.85. The average molecular weight is 432 g/mol. The molecule has 1 aromatic heterocycles. The van der Waals surface area contributed by atoms with Gasteiger partial charge in [-0.1, -0.05) is 24.3 Å². The third-order valence-electron chi connectivity index (χ3n) is 5.00. The molecule has 3 rings (SSSR count). The van der Waals surface area contributed by atoms with Gasteiger partial charge in [0.25, 0.3) is 0 Å². The molecule has 1 atom stereocenters. The Labute approximate surface area is 178 Å². The Morgan fingerprint density at radius 2 is 1.90 bits per heavy atom. The summed E-state index contributed by atoms with van der Waals surface area (Å²) < 4.78 is 50.7. The van der Waals surface area contributed by atoms with Gasteiger partial charge in [-0.2, -0.15) is 18.3 Å². The van der Waals surface area contributed by atoms with Gasteiger partial charge in [0, 0.05) is 23.6 Å². The Kier molecular flexibility index (Phi) is 6.68. The highest BCUT2D eigenvalue weighted by Gasteiger charge is 2.33. The van der Waals surface area contributed by atoms with E-state index in [0.717, 1.165) is 22.9 Å². The zero-order valence-corrected chi connectivity index (χ0v) is 17.4. The third-order valence-corrected chi connectivity index (χ3v) is 5.00. The van der Waals surface area contributed by atoms with Crippen LogP contribution in [0.3, 0.4) is 0 Å². The van der Waals surface area contributed by atoms with Crippen LogP contribution in [0.25, 0.3) is 0 Å². The number of carbonyl (C=O) groups is 1. The number of aromatic nitrogens is 2. The number of aromatic amines is 1. The fourth-order valence-corrected chi connectivity index (χ4v) is 3.48. The molecule has 0 bridgehead atoms. The zero-order valence-electron chi connectivity index (χ0n) is 17.4. The summed E-state index contributed by atoms with van der Waals surface area (Å²) in [4.78, 5) is 11.8. The van der Waals surface area contributed by atoms with E-state index in [-0.39, 0.29) is 30.3 Å². The highest BCUT2D eigenvalue weighted by Crippen LogP contribution is 2.37. The monoisotopic (exact) mass is 432 g/mol. The number of ketones is 1. The maximum atomic E-state index is 13.2. The number of H-pyrrole nitrogens is 1. The van der Waals surface area contributed by atoms with E-state index in [2.05, 4.69) is 10.2 Å².